The first-order chi connectivity index (χ1) is 9.69. The molecule has 1 aliphatic rings. The van der Waals surface area contributed by atoms with Crippen LogP contribution in [0.4, 0.5) is 5.69 Å². The third-order valence-electron chi connectivity index (χ3n) is 4.44. The van der Waals surface area contributed by atoms with Gasteiger partial charge >= 0.3 is 0 Å². The third-order valence-corrected chi connectivity index (χ3v) is 4.44. The Kier molecular flexibility index (Phi) is 4.67. The highest BCUT2D eigenvalue weighted by atomic mass is 15.4. The number of hydrogen-bond acceptors (Lipinski definition) is 2. The van der Waals surface area contributed by atoms with Gasteiger partial charge in [0.05, 0.1) is 5.69 Å². The molecule has 1 fully saturated rings. The number of rotatable bonds is 3. The van der Waals surface area contributed by atoms with Gasteiger partial charge in [-0.15, -0.1) is 0 Å². The van der Waals surface area contributed by atoms with Crippen LogP contribution in [-0.2, 0) is 10.8 Å². The lowest BCUT2D eigenvalue weighted by Crippen LogP contribution is -2.34. The molecule has 0 spiro atoms. The molecule has 21 heavy (non-hydrogen) atoms. The first kappa shape index (κ1) is 16.4. The Bertz CT molecular complexity index is 439. The van der Waals surface area contributed by atoms with Crippen molar-refractivity contribution in [3.05, 3.63) is 29.3 Å². The van der Waals surface area contributed by atoms with Gasteiger partial charge in [0.1, 0.15) is 0 Å². The van der Waals surface area contributed by atoms with Crippen LogP contribution in [0.1, 0.15) is 78.4 Å². The second-order valence-corrected chi connectivity index (χ2v) is 8.48. The molecule has 2 nitrogen and oxygen atoms in total. The van der Waals surface area contributed by atoms with Crippen molar-refractivity contribution < 1.29 is 0 Å². The fourth-order valence-corrected chi connectivity index (χ4v) is 3.18. The number of hydrogen-bond donors (Lipinski definition) is 2. The third kappa shape index (κ3) is 4.00. The van der Waals surface area contributed by atoms with E-state index in [1.807, 2.05) is 0 Å². The van der Waals surface area contributed by atoms with E-state index in [1.54, 1.807) is 0 Å². The molecule has 0 heterocycles. The Balaban J connectivity index is 2.33. The van der Waals surface area contributed by atoms with Gasteiger partial charge in [0.25, 0.3) is 0 Å². The molecule has 1 aromatic carbocycles. The predicted molar refractivity (Wildman–Crippen MR) is 92.9 cm³/mol. The number of para-hydroxylation sites is 1. The van der Waals surface area contributed by atoms with Crippen molar-refractivity contribution >= 4 is 5.69 Å². The van der Waals surface area contributed by atoms with Gasteiger partial charge in [0.2, 0.25) is 0 Å². The quantitative estimate of drug-likeness (QED) is 0.752. The van der Waals surface area contributed by atoms with E-state index in [-0.39, 0.29) is 10.8 Å². The molecule has 1 saturated carbocycles. The van der Waals surface area contributed by atoms with E-state index in [1.165, 1.54) is 42.5 Å². The zero-order valence-electron chi connectivity index (χ0n) is 14.6. The van der Waals surface area contributed by atoms with Gasteiger partial charge in [0.15, 0.2) is 0 Å². The van der Waals surface area contributed by atoms with Crippen molar-refractivity contribution in [2.45, 2.75) is 84.1 Å². The molecule has 1 aromatic rings. The maximum Gasteiger partial charge on any atom is 0.0562 e. The Morgan fingerprint density at radius 2 is 1.33 bits per heavy atom. The van der Waals surface area contributed by atoms with E-state index in [9.17, 15) is 0 Å². The molecule has 0 radical (unpaired) electrons. The highest BCUT2D eigenvalue weighted by Crippen LogP contribution is 2.37. The van der Waals surface area contributed by atoms with Crippen LogP contribution in [0.2, 0.25) is 0 Å². The van der Waals surface area contributed by atoms with Gasteiger partial charge in [-0.05, 0) is 34.8 Å². The van der Waals surface area contributed by atoms with Crippen LogP contribution in [-0.4, -0.2) is 6.04 Å². The Hall–Kier alpha value is -1.02. The number of benzene rings is 1. The van der Waals surface area contributed by atoms with Crippen LogP contribution in [0.25, 0.3) is 0 Å². The first-order valence-corrected chi connectivity index (χ1v) is 8.35. The smallest absolute Gasteiger partial charge is 0.0562 e. The zero-order valence-corrected chi connectivity index (χ0v) is 14.6. The van der Waals surface area contributed by atoms with Gasteiger partial charge in [-0.3, -0.25) is 0 Å². The average Bonchev–Trinajstić information content (AvgIpc) is 2.86. The fraction of sp³-hybridized carbons (Fsp3) is 0.684. The highest BCUT2D eigenvalue weighted by molar-refractivity contribution is 5.61. The Morgan fingerprint density at radius 3 is 1.76 bits per heavy atom. The highest BCUT2D eigenvalue weighted by Gasteiger charge is 2.26. The predicted octanol–water partition coefficient (Wildman–Crippen LogP) is 5.14. The molecule has 0 saturated heterocycles. The number of anilines is 1. The van der Waals surface area contributed by atoms with Crippen LogP contribution in [0.3, 0.4) is 0 Å². The second-order valence-electron chi connectivity index (χ2n) is 8.48. The maximum absolute atomic E-state index is 3.59. The summed E-state index contributed by atoms with van der Waals surface area (Å²) in [4.78, 5) is 0. The van der Waals surface area contributed by atoms with Crippen LogP contribution in [0, 0.1) is 0 Å². The minimum atomic E-state index is 0.140. The van der Waals surface area contributed by atoms with Gasteiger partial charge in [0, 0.05) is 6.04 Å². The topological polar surface area (TPSA) is 24.1 Å². The monoisotopic (exact) mass is 288 g/mol. The summed E-state index contributed by atoms with van der Waals surface area (Å²) in [5.74, 6) is 0. The van der Waals surface area contributed by atoms with Crippen molar-refractivity contribution in [3.8, 4) is 0 Å². The summed E-state index contributed by atoms with van der Waals surface area (Å²) in [5, 5.41) is 0. The summed E-state index contributed by atoms with van der Waals surface area (Å²) in [6.45, 7) is 13.7. The zero-order chi connectivity index (χ0) is 15.7. The van der Waals surface area contributed by atoms with Crippen molar-refractivity contribution in [2.24, 2.45) is 0 Å². The van der Waals surface area contributed by atoms with E-state index < -0.39 is 0 Å². The minimum Gasteiger partial charge on any atom is -0.321 e. The summed E-state index contributed by atoms with van der Waals surface area (Å²) in [6.07, 6.45) is 5.28. The molecule has 2 rings (SSSR count). The van der Waals surface area contributed by atoms with Crippen LogP contribution < -0.4 is 10.9 Å². The van der Waals surface area contributed by atoms with E-state index in [0.717, 1.165) is 0 Å². The second kappa shape index (κ2) is 6.00. The van der Waals surface area contributed by atoms with E-state index >= 15 is 0 Å². The molecule has 0 aliphatic heterocycles. The van der Waals surface area contributed by atoms with Gasteiger partial charge in [-0.1, -0.05) is 72.6 Å². The molecule has 0 unspecified atom stereocenters. The molecule has 0 aromatic heterocycles. The lowest BCUT2D eigenvalue weighted by atomic mass is 9.79. The lowest BCUT2D eigenvalue weighted by Gasteiger charge is -2.31. The fourth-order valence-electron chi connectivity index (χ4n) is 3.18. The molecule has 0 atom stereocenters. The van der Waals surface area contributed by atoms with E-state index in [2.05, 4.69) is 70.6 Å². The molecule has 0 amide bonds. The standard InChI is InChI=1S/C19H32N2/c1-18(2,3)15-12-9-13-16(19(4,5)6)17(15)21-20-14-10-7-8-11-14/h9,12-14,20-21H,7-8,10-11H2,1-6H3. The van der Waals surface area contributed by atoms with Crippen molar-refractivity contribution in [2.75, 3.05) is 5.43 Å². The summed E-state index contributed by atoms with van der Waals surface area (Å²) in [6, 6.07) is 7.33. The van der Waals surface area contributed by atoms with Gasteiger partial charge in [-0.2, -0.15) is 0 Å². The maximum atomic E-state index is 3.59. The van der Waals surface area contributed by atoms with Crippen LogP contribution >= 0.6 is 0 Å². The Labute approximate surface area is 130 Å². The molecule has 2 N–H and O–H groups in total. The normalized spacial score (nSPS) is 17.2. The Morgan fingerprint density at radius 1 is 0.857 bits per heavy atom. The van der Waals surface area contributed by atoms with Crippen molar-refractivity contribution in [1.82, 2.24) is 5.43 Å². The van der Waals surface area contributed by atoms with Crippen molar-refractivity contribution in [1.29, 1.82) is 0 Å². The van der Waals surface area contributed by atoms with E-state index in [4.69, 9.17) is 0 Å². The molecule has 118 valence electrons. The lowest BCUT2D eigenvalue weighted by molar-refractivity contribution is 0.550. The molecule has 0 bridgehead atoms. The molecular formula is C19H32N2. The van der Waals surface area contributed by atoms with E-state index in [0.29, 0.717) is 6.04 Å². The summed E-state index contributed by atoms with van der Waals surface area (Å²) in [5.41, 5.74) is 11.5. The minimum absolute atomic E-state index is 0.140. The molecule has 2 heteroatoms. The largest absolute Gasteiger partial charge is 0.321 e. The summed E-state index contributed by atoms with van der Waals surface area (Å²) in [7, 11) is 0. The van der Waals surface area contributed by atoms with Crippen molar-refractivity contribution in [3.63, 3.8) is 0 Å². The molecule has 1 aliphatic carbocycles. The van der Waals surface area contributed by atoms with Gasteiger partial charge < -0.3 is 5.43 Å². The number of nitrogens with one attached hydrogen (secondary N) is 2. The SMILES string of the molecule is CC(C)(C)c1cccc(C(C)(C)C)c1NNC1CCCC1. The number of hydrazine groups is 1. The summed E-state index contributed by atoms with van der Waals surface area (Å²) >= 11 is 0. The summed E-state index contributed by atoms with van der Waals surface area (Å²) < 4.78 is 0. The van der Waals surface area contributed by atoms with Crippen LogP contribution in [0.5, 0.6) is 0 Å². The van der Waals surface area contributed by atoms with Gasteiger partial charge in [-0.25, -0.2) is 5.43 Å². The van der Waals surface area contributed by atoms with Crippen LogP contribution in [0.15, 0.2) is 18.2 Å². The average molecular weight is 288 g/mol. The molecular weight excluding hydrogens is 256 g/mol. The first-order valence-electron chi connectivity index (χ1n) is 8.35.